The fraction of sp³-hybridized carbons (Fsp3) is 0.353. The lowest BCUT2D eigenvalue weighted by Crippen LogP contribution is -2.32. The van der Waals surface area contributed by atoms with Crippen LogP contribution >= 0.6 is 0 Å². The van der Waals surface area contributed by atoms with Crippen LogP contribution in [0.25, 0.3) is 0 Å². The summed E-state index contributed by atoms with van der Waals surface area (Å²) in [5, 5.41) is 11.4. The normalized spacial score (nSPS) is 11.1. The Morgan fingerprint density at radius 1 is 1.09 bits per heavy atom. The van der Waals surface area contributed by atoms with Gasteiger partial charge in [0.1, 0.15) is 5.82 Å². The first-order chi connectivity index (χ1) is 10.4. The SMILES string of the molecule is CCN(C(=O)c1ccc(NC(C)(C)C)nn1)c1ccccc1. The van der Waals surface area contributed by atoms with E-state index in [-0.39, 0.29) is 11.4 Å². The topological polar surface area (TPSA) is 58.1 Å². The highest BCUT2D eigenvalue weighted by atomic mass is 16.2. The number of amides is 1. The maximum absolute atomic E-state index is 12.6. The van der Waals surface area contributed by atoms with Crippen molar-refractivity contribution in [2.45, 2.75) is 33.2 Å². The quantitative estimate of drug-likeness (QED) is 0.940. The van der Waals surface area contributed by atoms with Crippen LogP contribution in [-0.4, -0.2) is 28.2 Å². The molecule has 0 radical (unpaired) electrons. The number of nitrogens with zero attached hydrogens (tertiary/aromatic N) is 3. The van der Waals surface area contributed by atoms with Gasteiger partial charge < -0.3 is 10.2 Å². The van der Waals surface area contributed by atoms with E-state index in [0.29, 0.717) is 18.1 Å². The molecule has 1 N–H and O–H groups in total. The van der Waals surface area contributed by atoms with E-state index in [1.807, 2.05) is 58.0 Å². The average molecular weight is 298 g/mol. The standard InChI is InChI=1S/C17H22N4O/c1-5-21(13-9-7-6-8-10-13)16(22)14-11-12-15(20-19-14)18-17(2,3)4/h6-12H,5H2,1-4H3,(H,18,20). The van der Waals surface area contributed by atoms with Gasteiger partial charge >= 0.3 is 0 Å². The molecule has 1 aromatic carbocycles. The van der Waals surface area contributed by atoms with Crippen molar-refractivity contribution in [1.29, 1.82) is 0 Å². The highest BCUT2D eigenvalue weighted by molar-refractivity contribution is 6.04. The molecule has 0 aliphatic carbocycles. The van der Waals surface area contributed by atoms with E-state index < -0.39 is 0 Å². The first kappa shape index (κ1) is 15.9. The van der Waals surface area contributed by atoms with Gasteiger partial charge in [-0.1, -0.05) is 18.2 Å². The lowest BCUT2D eigenvalue weighted by atomic mass is 10.1. The summed E-state index contributed by atoms with van der Waals surface area (Å²) in [7, 11) is 0. The maximum atomic E-state index is 12.6. The molecule has 0 bridgehead atoms. The number of rotatable bonds is 4. The Kier molecular flexibility index (Phi) is 4.75. The zero-order valence-electron chi connectivity index (χ0n) is 13.5. The molecular weight excluding hydrogens is 276 g/mol. The van der Waals surface area contributed by atoms with E-state index in [0.717, 1.165) is 5.69 Å². The van der Waals surface area contributed by atoms with Gasteiger partial charge in [0, 0.05) is 17.8 Å². The summed E-state index contributed by atoms with van der Waals surface area (Å²) in [4.78, 5) is 14.3. The van der Waals surface area contributed by atoms with Gasteiger partial charge in [-0.2, -0.15) is 0 Å². The van der Waals surface area contributed by atoms with E-state index in [1.165, 1.54) is 0 Å². The number of para-hydroxylation sites is 1. The molecule has 0 aliphatic heterocycles. The van der Waals surface area contributed by atoms with Crippen molar-refractivity contribution in [2.75, 3.05) is 16.8 Å². The predicted octanol–water partition coefficient (Wildman–Crippen LogP) is 3.35. The lowest BCUT2D eigenvalue weighted by Gasteiger charge is -2.22. The minimum absolute atomic E-state index is 0.0975. The summed E-state index contributed by atoms with van der Waals surface area (Å²) in [6.45, 7) is 8.65. The maximum Gasteiger partial charge on any atom is 0.278 e. The minimum atomic E-state index is -0.150. The van der Waals surface area contributed by atoms with E-state index in [1.54, 1.807) is 17.0 Å². The van der Waals surface area contributed by atoms with Gasteiger partial charge in [-0.05, 0) is 52.0 Å². The first-order valence-corrected chi connectivity index (χ1v) is 7.39. The van der Waals surface area contributed by atoms with Crippen LogP contribution in [0.2, 0.25) is 0 Å². The van der Waals surface area contributed by atoms with Crippen LogP contribution in [0.5, 0.6) is 0 Å². The fourth-order valence-electron chi connectivity index (χ4n) is 2.09. The Morgan fingerprint density at radius 3 is 2.27 bits per heavy atom. The number of hydrogen-bond acceptors (Lipinski definition) is 4. The third-order valence-electron chi connectivity index (χ3n) is 3.02. The molecule has 1 aromatic heterocycles. The van der Waals surface area contributed by atoms with Gasteiger partial charge in [0.05, 0.1) is 0 Å². The van der Waals surface area contributed by atoms with Crippen LogP contribution in [-0.2, 0) is 0 Å². The van der Waals surface area contributed by atoms with E-state index in [9.17, 15) is 4.79 Å². The van der Waals surface area contributed by atoms with Gasteiger partial charge in [-0.25, -0.2) is 0 Å². The Balaban J connectivity index is 2.18. The third-order valence-corrected chi connectivity index (χ3v) is 3.02. The molecular formula is C17H22N4O. The Bertz CT molecular complexity index is 617. The molecule has 5 heteroatoms. The van der Waals surface area contributed by atoms with Crippen LogP contribution in [0.4, 0.5) is 11.5 Å². The van der Waals surface area contributed by atoms with Gasteiger partial charge in [-0.3, -0.25) is 4.79 Å². The van der Waals surface area contributed by atoms with Crippen LogP contribution in [0.3, 0.4) is 0 Å². The molecule has 1 heterocycles. The summed E-state index contributed by atoms with van der Waals surface area (Å²) >= 11 is 0. The number of carbonyl (C=O) groups excluding carboxylic acids is 1. The van der Waals surface area contributed by atoms with Crippen LogP contribution < -0.4 is 10.2 Å². The molecule has 116 valence electrons. The van der Waals surface area contributed by atoms with E-state index in [4.69, 9.17) is 0 Å². The molecule has 0 spiro atoms. The number of anilines is 2. The molecule has 0 saturated carbocycles. The summed E-state index contributed by atoms with van der Waals surface area (Å²) in [5.74, 6) is 0.510. The molecule has 0 atom stereocenters. The van der Waals surface area contributed by atoms with Crippen molar-refractivity contribution in [1.82, 2.24) is 10.2 Å². The van der Waals surface area contributed by atoms with Crippen molar-refractivity contribution in [3.8, 4) is 0 Å². The number of hydrogen-bond donors (Lipinski definition) is 1. The van der Waals surface area contributed by atoms with Gasteiger partial charge in [-0.15, -0.1) is 10.2 Å². The van der Waals surface area contributed by atoms with E-state index >= 15 is 0 Å². The molecule has 0 fully saturated rings. The van der Waals surface area contributed by atoms with Crippen LogP contribution in [0.15, 0.2) is 42.5 Å². The van der Waals surface area contributed by atoms with Crippen molar-refractivity contribution >= 4 is 17.4 Å². The molecule has 22 heavy (non-hydrogen) atoms. The molecule has 0 unspecified atom stereocenters. The predicted molar refractivity (Wildman–Crippen MR) is 89.2 cm³/mol. The Labute approximate surface area is 131 Å². The number of nitrogens with one attached hydrogen (secondary N) is 1. The number of aromatic nitrogens is 2. The average Bonchev–Trinajstić information content (AvgIpc) is 2.48. The molecule has 1 amide bonds. The summed E-state index contributed by atoms with van der Waals surface area (Å²) < 4.78 is 0. The smallest absolute Gasteiger partial charge is 0.278 e. The highest BCUT2D eigenvalue weighted by Crippen LogP contribution is 2.16. The Hall–Kier alpha value is -2.43. The van der Waals surface area contributed by atoms with Crippen LogP contribution in [0.1, 0.15) is 38.2 Å². The highest BCUT2D eigenvalue weighted by Gasteiger charge is 2.18. The second kappa shape index (κ2) is 6.56. The second-order valence-corrected chi connectivity index (χ2v) is 6.06. The fourth-order valence-corrected chi connectivity index (χ4v) is 2.09. The largest absolute Gasteiger partial charge is 0.364 e. The first-order valence-electron chi connectivity index (χ1n) is 7.39. The molecule has 0 saturated heterocycles. The van der Waals surface area contributed by atoms with E-state index in [2.05, 4.69) is 15.5 Å². The summed E-state index contributed by atoms with van der Waals surface area (Å²) in [6, 6.07) is 13.0. The van der Waals surface area contributed by atoms with Gasteiger partial charge in [0.15, 0.2) is 5.69 Å². The van der Waals surface area contributed by atoms with Crippen molar-refractivity contribution < 1.29 is 4.79 Å². The van der Waals surface area contributed by atoms with Gasteiger partial charge in [0.2, 0.25) is 0 Å². The van der Waals surface area contributed by atoms with Crippen molar-refractivity contribution in [3.63, 3.8) is 0 Å². The van der Waals surface area contributed by atoms with Crippen LogP contribution in [0, 0.1) is 0 Å². The minimum Gasteiger partial charge on any atom is -0.364 e. The summed E-state index contributed by atoms with van der Waals surface area (Å²) in [5.41, 5.74) is 1.10. The second-order valence-electron chi connectivity index (χ2n) is 6.06. The third kappa shape index (κ3) is 4.04. The Morgan fingerprint density at radius 2 is 1.77 bits per heavy atom. The molecule has 2 rings (SSSR count). The zero-order chi connectivity index (χ0) is 16.2. The molecule has 0 aliphatic rings. The lowest BCUT2D eigenvalue weighted by molar-refractivity contribution is 0.0982. The zero-order valence-corrected chi connectivity index (χ0v) is 13.5. The molecule has 2 aromatic rings. The molecule has 5 nitrogen and oxygen atoms in total. The summed E-state index contributed by atoms with van der Waals surface area (Å²) in [6.07, 6.45) is 0. The monoisotopic (exact) mass is 298 g/mol. The number of benzene rings is 1. The van der Waals surface area contributed by atoms with Crippen molar-refractivity contribution in [3.05, 3.63) is 48.2 Å². The van der Waals surface area contributed by atoms with Crippen molar-refractivity contribution in [2.24, 2.45) is 0 Å². The number of carbonyl (C=O) groups is 1. The van der Waals surface area contributed by atoms with Gasteiger partial charge in [0.25, 0.3) is 5.91 Å².